The summed E-state index contributed by atoms with van der Waals surface area (Å²) in [6.45, 7) is 7.69. The molecule has 1 aliphatic carbocycles. The normalized spacial score (nSPS) is 29.2. The third-order valence-corrected chi connectivity index (χ3v) is 5.78. The minimum atomic E-state index is -0.428. The molecule has 2 saturated heterocycles. The molecule has 0 unspecified atom stereocenters. The van der Waals surface area contributed by atoms with Crippen molar-refractivity contribution in [2.45, 2.75) is 58.2 Å². The lowest BCUT2D eigenvalue weighted by Gasteiger charge is -2.39. The van der Waals surface area contributed by atoms with E-state index in [9.17, 15) is 9.59 Å². The van der Waals surface area contributed by atoms with Gasteiger partial charge in [0.1, 0.15) is 0 Å². The van der Waals surface area contributed by atoms with Gasteiger partial charge in [-0.3, -0.25) is 9.59 Å². The average molecular weight is 352 g/mol. The third kappa shape index (κ3) is 4.53. The van der Waals surface area contributed by atoms with Crippen molar-refractivity contribution in [3.05, 3.63) is 0 Å². The van der Waals surface area contributed by atoms with Crippen molar-refractivity contribution < 1.29 is 19.1 Å². The highest BCUT2D eigenvalue weighted by atomic mass is 16.7. The van der Waals surface area contributed by atoms with Crippen LogP contribution in [0.25, 0.3) is 0 Å². The van der Waals surface area contributed by atoms with Gasteiger partial charge in [-0.05, 0) is 31.6 Å². The molecule has 2 aliphatic heterocycles. The van der Waals surface area contributed by atoms with Gasteiger partial charge in [-0.1, -0.05) is 13.8 Å². The molecule has 2 heterocycles. The van der Waals surface area contributed by atoms with E-state index in [1.807, 2.05) is 4.90 Å². The van der Waals surface area contributed by atoms with Gasteiger partial charge >= 0.3 is 0 Å². The van der Waals surface area contributed by atoms with Crippen molar-refractivity contribution in [2.75, 3.05) is 32.8 Å². The Balaban J connectivity index is 1.42. The molecule has 25 heavy (non-hydrogen) atoms. The smallest absolute Gasteiger partial charge is 0.225 e. The van der Waals surface area contributed by atoms with Crippen LogP contribution in [-0.2, 0) is 19.1 Å². The van der Waals surface area contributed by atoms with Gasteiger partial charge < -0.3 is 19.7 Å². The highest BCUT2D eigenvalue weighted by molar-refractivity contribution is 5.81. The van der Waals surface area contributed by atoms with Gasteiger partial charge in [0, 0.05) is 44.3 Å². The largest absolute Gasteiger partial charge is 0.356 e. The monoisotopic (exact) mass is 352 g/mol. The molecular weight excluding hydrogens is 320 g/mol. The molecule has 1 spiro atoms. The topological polar surface area (TPSA) is 67.9 Å². The summed E-state index contributed by atoms with van der Waals surface area (Å²) >= 11 is 0. The number of likely N-dealkylation sites (tertiary alicyclic amines) is 1. The van der Waals surface area contributed by atoms with Gasteiger partial charge in [0.05, 0.1) is 13.2 Å². The van der Waals surface area contributed by atoms with E-state index in [4.69, 9.17) is 9.47 Å². The minimum absolute atomic E-state index is 0.0766. The molecule has 0 bridgehead atoms. The third-order valence-electron chi connectivity index (χ3n) is 5.78. The Morgan fingerprint density at radius 1 is 1.04 bits per heavy atom. The quantitative estimate of drug-likeness (QED) is 0.839. The molecule has 0 aromatic heterocycles. The Morgan fingerprint density at radius 2 is 1.60 bits per heavy atom. The van der Waals surface area contributed by atoms with E-state index < -0.39 is 5.79 Å². The molecule has 0 aromatic rings. The number of carbonyl (C=O) groups excluding carboxylic acids is 2. The predicted molar refractivity (Wildman–Crippen MR) is 93.7 cm³/mol. The second-order valence-corrected chi connectivity index (χ2v) is 8.12. The van der Waals surface area contributed by atoms with Crippen LogP contribution in [0.1, 0.15) is 52.4 Å². The fourth-order valence-corrected chi connectivity index (χ4v) is 4.16. The highest BCUT2D eigenvalue weighted by Crippen LogP contribution is 2.34. The fraction of sp³-hybridized carbons (Fsp3) is 0.895. The standard InChI is InChI=1S/C19H32N2O4/c1-14(2)13-20-17(22)15-3-5-16(6-4-15)18(23)21-9-7-19(8-10-21)24-11-12-25-19/h14-16H,3-13H2,1-2H3,(H,20,22). The minimum Gasteiger partial charge on any atom is -0.356 e. The summed E-state index contributed by atoms with van der Waals surface area (Å²) in [6.07, 6.45) is 4.84. The first-order valence-corrected chi connectivity index (χ1v) is 9.83. The van der Waals surface area contributed by atoms with Crippen LogP contribution < -0.4 is 5.32 Å². The van der Waals surface area contributed by atoms with Gasteiger partial charge in [-0.15, -0.1) is 0 Å². The molecule has 3 aliphatic rings. The van der Waals surface area contributed by atoms with Crippen LogP contribution in [0.5, 0.6) is 0 Å². The van der Waals surface area contributed by atoms with Crippen LogP contribution in [0.4, 0.5) is 0 Å². The molecule has 6 heteroatoms. The highest BCUT2D eigenvalue weighted by Gasteiger charge is 2.42. The first-order valence-electron chi connectivity index (χ1n) is 9.83. The molecule has 6 nitrogen and oxygen atoms in total. The Morgan fingerprint density at radius 3 is 2.16 bits per heavy atom. The van der Waals surface area contributed by atoms with Crippen LogP contribution in [-0.4, -0.2) is 55.3 Å². The van der Waals surface area contributed by atoms with E-state index >= 15 is 0 Å². The van der Waals surface area contributed by atoms with Crippen molar-refractivity contribution in [3.63, 3.8) is 0 Å². The maximum Gasteiger partial charge on any atom is 0.225 e. The SMILES string of the molecule is CC(C)CNC(=O)C1CCC(C(=O)N2CCC3(CC2)OCCO3)CC1. The summed E-state index contributed by atoms with van der Waals surface area (Å²) in [5, 5.41) is 3.02. The molecule has 2 amide bonds. The Labute approximate surface area is 150 Å². The summed E-state index contributed by atoms with van der Waals surface area (Å²) in [4.78, 5) is 27.0. The first-order chi connectivity index (χ1) is 12.0. The van der Waals surface area contributed by atoms with Crippen LogP contribution in [0.2, 0.25) is 0 Å². The maximum absolute atomic E-state index is 12.8. The lowest BCUT2D eigenvalue weighted by atomic mass is 9.80. The van der Waals surface area contributed by atoms with Gasteiger partial charge in [-0.2, -0.15) is 0 Å². The number of amides is 2. The van der Waals surface area contributed by atoms with E-state index in [0.29, 0.717) is 32.2 Å². The zero-order valence-electron chi connectivity index (χ0n) is 15.6. The zero-order chi connectivity index (χ0) is 17.9. The van der Waals surface area contributed by atoms with Gasteiger partial charge in [-0.25, -0.2) is 0 Å². The first kappa shape index (κ1) is 18.6. The zero-order valence-corrected chi connectivity index (χ0v) is 15.6. The van der Waals surface area contributed by atoms with E-state index in [1.54, 1.807) is 0 Å². The van der Waals surface area contributed by atoms with Crippen molar-refractivity contribution in [3.8, 4) is 0 Å². The van der Waals surface area contributed by atoms with Crippen LogP contribution in [0, 0.1) is 17.8 Å². The molecule has 3 rings (SSSR count). The number of hydrogen-bond acceptors (Lipinski definition) is 4. The maximum atomic E-state index is 12.8. The van der Waals surface area contributed by atoms with Gasteiger partial charge in [0.15, 0.2) is 5.79 Å². The van der Waals surface area contributed by atoms with Crippen molar-refractivity contribution >= 4 is 11.8 Å². The van der Waals surface area contributed by atoms with Crippen LogP contribution in [0.15, 0.2) is 0 Å². The van der Waals surface area contributed by atoms with E-state index in [2.05, 4.69) is 19.2 Å². The molecule has 142 valence electrons. The number of ether oxygens (including phenoxy) is 2. The van der Waals surface area contributed by atoms with Gasteiger partial charge in [0.25, 0.3) is 0 Å². The molecular formula is C19H32N2O4. The molecule has 1 N–H and O–H groups in total. The predicted octanol–water partition coefficient (Wildman–Crippen LogP) is 1.93. The molecule has 0 aromatic carbocycles. The van der Waals surface area contributed by atoms with Crippen molar-refractivity contribution in [2.24, 2.45) is 17.8 Å². The summed E-state index contributed by atoms with van der Waals surface area (Å²) in [5.41, 5.74) is 0. The van der Waals surface area contributed by atoms with E-state index in [1.165, 1.54) is 0 Å². The summed E-state index contributed by atoms with van der Waals surface area (Å²) < 4.78 is 11.5. The Kier molecular flexibility index (Phi) is 6.00. The second kappa shape index (κ2) is 8.04. The summed E-state index contributed by atoms with van der Waals surface area (Å²) in [5.74, 6) is 0.616. The number of nitrogens with zero attached hydrogens (tertiary/aromatic N) is 1. The van der Waals surface area contributed by atoms with Crippen LogP contribution >= 0.6 is 0 Å². The molecule has 3 fully saturated rings. The van der Waals surface area contributed by atoms with E-state index in [0.717, 1.165) is 45.1 Å². The Hall–Kier alpha value is -1.14. The number of hydrogen-bond donors (Lipinski definition) is 1. The fourth-order valence-electron chi connectivity index (χ4n) is 4.16. The van der Waals surface area contributed by atoms with Crippen molar-refractivity contribution in [1.82, 2.24) is 10.2 Å². The van der Waals surface area contributed by atoms with E-state index in [-0.39, 0.29) is 23.7 Å². The average Bonchev–Trinajstić information content (AvgIpc) is 3.08. The number of nitrogens with one attached hydrogen (secondary N) is 1. The van der Waals surface area contributed by atoms with Crippen LogP contribution in [0.3, 0.4) is 0 Å². The molecule has 0 atom stereocenters. The lowest BCUT2D eigenvalue weighted by Crippen LogP contribution is -2.49. The molecule has 0 radical (unpaired) electrons. The summed E-state index contributed by atoms with van der Waals surface area (Å²) in [7, 11) is 0. The van der Waals surface area contributed by atoms with Crippen molar-refractivity contribution in [1.29, 1.82) is 0 Å². The number of piperidine rings is 1. The van der Waals surface area contributed by atoms with Gasteiger partial charge in [0.2, 0.25) is 11.8 Å². The molecule has 1 saturated carbocycles. The number of carbonyl (C=O) groups is 2. The Bertz CT molecular complexity index is 470. The lowest BCUT2D eigenvalue weighted by molar-refractivity contribution is -0.188. The number of rotatable bonds is 4. The summed E-state index contributed by atoms with van der Waals surface area (Å²) in [6, 6.07) is 0. The second-order valence-electron chi connectivity index (χ2n) is 8.12.